The summed E-state index contributed by atoms with van der Waals surface area (Å²) < 4.78 is 0.641. The SMILES string of the molecule is CN(CCC#N)CC(=O)Nc1nc2ccc([N+](=O)[O-])cc2s1. The molecule has 0 fully saturated rings. The van der Waals surface area contributed by atoms with E-state index in [4.69, 9.17) is 5.26 Å². The van der Waals surface area contributed by atoms with Gasteiger partial charge in [-0.1, -0.05) is 11.3 Å². The van der Waals surface area contributed by atoms with Crippen LogP contribution in [-0.4, -0.2) is 40.9 Å². The Bertz CT molecular complexity index is 752. The molecule has 0 aliphatic carbocycles. The largest absolute Gasteiger partial charge is 0.301 e. The highest BCUT2D eigenvalue weighted by Gasteiger charge is 2.12. The monoisotopic (exact) mass is 319 g/mol. The van der Waals surface area contributed by atoms with Crippen LogP contribution in [0.5, 0.6) is 0 Å². The summed E-state index contributed by atoms with van der Waals surface area (Å²) in [6.07, 6.45) is 0.356. The van der Waals surface area contributed by atoms with Crippen LogP contribution in [0.2, 0.25) is 0 Å². The fourth-order valence-electron chi connectivity index (χ4n) is 1.80. The Balaban J connectivity index is 2.04. The van der Waals surface area contributed by atoms with Crippen LogP contribution in [0, 0.1) is 21.4 Å². The Morgan fingerprint density at radius 3 is 3.05 bits per heavy atom. The lowest BCUT2D eigenvalue weighted by molar-refractivity contribution is -0.384. The molecule has 0 atom stereocenters. The summed E-state index contributed by atoms with van der Waals surface area (Å²) >= 11 is 1.18. The summed E-state index contributed by atoms with van der Waals surface area (Å²) in [7, 11) is 1.75. The van der Waals surface area contributed by atoms with E-state index in [0.29, 0.717) is 28.3 Å². The van der Waals surface area contributed by atoms with Gasteiger partial charge in [-0.05, 0) is 13.1 Å². The second-order valence-corrected chi connectivity index (χ2v) is 5.65. The van der Waals surface area contributed by atoms with Crippen LogP contribution in [0.25, 0.3) is 10.2 Å². The minimum absolute atomic E-state index is 0.00902. The van der Waals surface area contributed by atoms with Gasteiger partial charge in [0, 0.05) is 25.1 Å². The molecule has 8 nitrogen and oxygen atoms in total. The number of aromatic nitrogens is 1. The highest BCUT2D eigenvalue weighted by molar-refractivity contribution is 7.22. The van der Waals surface area contributed by atoms with E-state index in [2.05, 4.69) is 10.3 Å². The molecule has 1 aromatic carbocycles. The van der Waals surface area contributed by atoms with Gasteiger partial charge in [-0.2, -0.15) is 5.26 Å². The van der Waals surface area contributed by atoms with Crippen molar-refractivity contribution in [1.82, 2.24) is 9.88 Å². The van der Waals surface area contributed by atoms with Gasteiger partial charge in [-0.15, -0.1) is 0 Å². The number of hydrogen-bond acceptors (Lipinski definition) is 7. The van der Waals surface area contributed by atoms with Gasteiger partial charge in [0.25, 0.3) is 5.69 Å². The summed E-state index contributed by atoms with van der Waals surface area (Å²) in [5, 5.41) is 22.3. The molecule has 1 N–H and O–H groups in total. The number of amides is 1. The zero-order valence-corrected chi connectivity index (χ0v) is 12.6. The van der Waals surface area contributed by atoms with E-state index in [-0.39, 0.29) is 18.1 Å². The highest BCUT2D eigenvalue weighted by atomic mass is 32.1. The molecule has 0 radical (unpaired) electrons. The average molecular weight is 319 g/mol. The van der Waals surface area contributed by atoms with E-state index in [0.717, 1.165) is 0 Å². The van der Waals surface area contributed by atoms with E-state index in [1.807, 2.05) is 6.07 Å². The van der Waals surface area contributed by atoms with Crippen molar-refractivity contribution in [2.24, 2.45) is 0 Å². The number of nitro benzene ring substituents is 1. The van der Waals surface area contributed by atoms with Crippen LogP contribution >= 0.6 is 11.3 Å². The summed E-state index contributed by atoms with van der Waals surface area (Å²) in [5.74, 6) is -0.242. The molecule has 22 heavy (non-hydrogen) atoms. The number of non-ortho nitro benzene ring substituents is 1. The Hall–Kier alpha value is -2.57. The highest BCUT2D eigenvalue weighted by Crippen LogP contribution is 2.29. The van der Waals surface area contributed by atoms with E-state index in [1.54, 1.807) is 18.0 Å². The van der Waals surface area contributed by atoms with Crippen molar-refractivity contribution < 1.29 is 9.72 Å². The number of nitrogens with zero attached hydrogens (tertiary/aromatic N) is 4. The smallest absolute Gasteiger partial charge is 0.270 e. The van der Waals surface area contributed by atoms with Gasteiger partial charge in [-0.3, -0.25) is 19.8 Å². The molecule has 0 aliphatic heterocycles. The third-order valence-corrected chi connectivity index (χ3v) is 3.78. The molecule has 1 heterocycles. The topological polar surface area (TPSA) is 112 Å². The second-order valence-electron chi connectivity index (χ2n) is 4.62. The third-order valence-electron chi connectivity index (χ3n) is 2.85. The third kappa shape index (κ3) is 3.97. The molecule has 0 bridgehead atoms. The molecule has 0 saturated carbocycles. The van der Waals surface area contributed by atoms with Gasteiger partial charge in [0.2, 0.25) is 5.91 Å². The summed E-state index contributed by atoms with van der Waals surface area (Å²) in [5.41, 5.74) is 0.592. The predicted molar refractivity (Wildman–Crippen MR) is 82.6 cm³/mol. The van der Waals surface area contributed by atoms with E-state index in [9.17, 15) is 14.9 Å². The van der Waals surface area contributed by atoms with Gasteiger partial charge >= 0.3 is 0 Å². The molecule has 0 spiro atoms. The van der Waals surface area contributed by atoms with Crippen LogP contribution in [0.15, 0.2) is 18.2 Å². The lowest BCUT2D eigenvalue weighted by Gasteiger charge is -2.13. The molecule has 114 valence electrons. The first kappa shape index (κ1) is 15.8. The van der Waals surface area contributed by atoms with Crippen LogP contribution in [-0.2, 0) is 4.79 Å². The fourth-order valence-corrected chi connectivity index (χ4v) is 2.72. The standard InChI is InChI=1S/C13H13N5O3S/c1-17(6-2-5-14)8-12(19)16-13-15-10-4-3-9(18(20)21)7-11(10)22-13/h3-4,7H,2,6,8H2,1H3,(H,15,16,19). The first-order valence-corrected chi connectivity index (χ1v) is 7.21. The Kier molecular flexibility index (Phi) is 4.98. The second kappa shape index (κ2) is 6.93. The van der Waals surface area contributed by atoms with Crippen molar-refractivity contribution in [3.05, 3.63) is 28.3 Å². The number of benzene rings is 1. The minimum atomic E-state index is -0.471. The van der Waals surface area contributed by atoms with Crippen LogP contribution in [0.3, 0.4) is 0 Å². The number of carbonyl (C=O) groups excluding carboxylic acids is 1. The average Bonchev–Trinajstić information content (AvgIpc) is 2.85. The fraction of sp³-hybridized carbons (Fsp3) is 0.308. The number of fused-ring (bicyclic) bond motifs is 1. The number of nitro groups is 1. The van der Waals surface area contributed by atoms with Gasteiger partial charge in [0.1, 0.15) is 0 Å². The lowest BCUT2D eigenvalue weighted by Crippen LogP contribution is -2.30. The number of nitrogens with one attached hydrogen (secondary N) is 1. The molecule has 1 amide bonds. The number of carbonyl (C=O) groups is 1. The van der Waals surface area contributed by atoms with E-state index >= 15 is 0 Å². The Morgan fingerprint density at radius 1 is 1.59 bits per heavy atom. The normalized spacial score (nSPS) is 10.6. The molecule has 1 aromatic heterocycles. The van der Waals surface area contributed by atoms with Crippen molar-refractivity contribution in [3.63, 3.8) is 0 Å². The van der Waals surface area contributed by atoms with E-state index < -0.39 is 4.92 Å². The Morgan fingerprint density at radius 2 is 2.36 bits per heavy atom. The van der Waals surface area contributed by atoms with Gasteiger partial charge in [-0.25, -0.2) is 4.98 Å². The maximum Gasteiger partial charge on any atom is 0.270 e. The number of likely N-dealkylation sites (N-methyl/N-ethyl adjacent to an activating group) is 1. The molecule has 0 unspecified atom stereocenters. The molecule has 0 saturated heterocycles. The number of nitriles is 1. The van der Waals surface area contributed by atoms with Crippen molar-refractivity contribution >= 4 is 38.3 Å². The van der Waals surface area contributed by atoms with Crippen molar-refractivity contribution in [3.8, 4) is 6.07 Å². The van der Waals surface area contributed by atoms with Crippen molar-refractivity contribution in [2.75, 3.05) is 25.5 Å². The van der Waals surface area contributed by atoms with Crippen molar-refractivity contribution in [1.29, 1.82) is 5.26 Å². The number of hydrogen-bond donors (Lipinski definition) is 1. The van der Waals surface area contributed by atoms with Crippen molar-refractivity contribution in [2.45, 2.75) is 6.42 Å². The molecule has 9 heteroatoms. The maximum atomic E-state index is 11.9. The zero-order valence-electron chi connectivity index (χ0n) is 11.8. The van der Waals surface area contributed by atoms with Gasteiger partial charge in [0.05, 0.1) is 27.8 Å². The molecule has 2 aromatic rings. The molecular formula is C13H13N5O3S. The quantitative estimate of drug-likeness (QED) is 0.643. The van der Waals surface area contributed by atoms with Crippen LogP contribution in [0.1, 0.15) is 6.42 Å². The number of anilines is 1. The van der Waals surface area contributed by atoms with Gasteiger partial charge in [0.15, 0.2) is 5.13 Å². The first-order valence-electron chi connectivity index (χ1n) is 6.40. The zero-order chi connectivity index (χ0) is 16.1. The Labute approximate surface area is 130 Å². The van der Waals surface area contributed by atoms with Crippen LogP contribution in [0.4, 0.5) is 10.8 Å². The van der Waals surface area contributed by atoms with Crippen LogP contribution < -0.4 is 5.32 Å². The van der Waals surface area contributed by atoms with E-state index in [1.165, 1.54) is 23.5 Å². The lowest BCUT2D eigenvalue weighted by atomic mass is 10.3. The molecule has 0 aliphatic rings. The minimum Gasteiger partial charge on any atom is -0.301 e. The predicted octanol–water partition coefficient (Wildman–Crippen LogP) is 1.99. The summed E-state index contributed by atoms with van der Waals surface area (Å²) in [6, 6.07) is 6.38. The summed E-state index contributed by atoms with van der Waals surface area (Å²) in [4.78, 5) is 28.1. The number of rotatable bonds is 6. The molecular weight excluding hydrogens is 306 g/mol. The maximum absolute atomic E-state index is 11.9. The first-order chi connectivity index (χ1) is 10.5. The van der Waals surface area contributed by atoms with Gasteiger partial charge < -0.3 is 5.32 Å². The molecule has 2 rings (SSSR count). The summed E-state index contributed by atoms with van der Waals surface area (Å²) in [6.45, 7) is 0.660. The number of thiazole rings is 1.